The highest BCUT2D eigenvalue weighted by Crippen LogP contribution is 2.30. The third kappa shape index (κ3) is 4.01. The summed E-state index contributed by atoms with van der Waals surface area (Å²) in [5.41, 5.74) is 0.0176. The van der Waals surface area contributed by atoms with Gasteiger partial charge < -0.3 is 19.8 Å². The van der Waals surface area contributed by atoms with Gasteiger partial charge in [-0.1, -0.05) is 6.92 Å². The van der Waals surface area contributed by atoms with E-state index in [-0.39, 0.29) is 18.6 Å². The van der Waals surface area contributed by atoms with Crippen molar-refractivity contribution in [2.45, 2.75) is 26.2 Å². The molecule has 0 bridgehead atoms. The van der Waals surface area contributed by atoms with E-state index < -0.39 is 0 Å². The van der Waals surface area contributed by atoms with Gasteiger partial charge in [-0.25, -0.2) is 0 Å². The average molecular weight is 231 g/mol. The third-order valence-electron chi connectivity index (χ3n) is 3.53. The van der Waals surface area contributed by atoms with Crippen molar-refractivity contribution in [3.8, 4) is 0 Å². The Balaban J connectivity index is 2.45. The van der Waals surface area contributed by atoms with Crippen LogP contribution in [0.5, 0.6) is 0 Å². The van der Waals surface area contributed by atoms with Gasteiger partial charge in [-0.05, 0) is 25.8 Å². The van der Waals surface area contributed by atoms with Gasteiger partial charge in [0, 0.05) is 38.3 Å². The maximum absolute atomic E-state index is 9.58. The fourth-order valence-corrected chi connectivity index (χ4v) is 2.29. The first-order chi connectivity index (χ1) is 7.76. The minimum Gasteiger partial charge on any atom is -0.396 e. The molecule has 0 radical (unpaired) electrons. The first kappa shape index (κ1) is 13.9. The molecule has 0 saturated carbocycles. The van der Waals surface area contributed by atoms with Crippen LogP contribution in [-0.2, 0) is 4.74 Å². The number of aliphatic hydroxyl groups is 2. The van der Waals surface area contributed by atoms with Crippen LogP contribution in [0.15, 0.2) is 0 Å². The van der Waals surface area contributed by atoms with Crippen molar-refractivity contribution >= 4 is 0 Å². The van der Waals surface area contributed by atoms with Crippen molar-refractivity contribution in [2.24, 2.45) is 5.41 Å². The van der Waals surface area contributed by atoms with E-state index in [4.69, 9.17) is 9.84 Å². The number of ether oxygens (including phenoxy) is 1. The van der Waals surface area contributed by atoms with Crippen LogP contribution in [-0.4, -0.2) is 61.2 Å². The van der Waals surface area contributed by atoms with Crippen molar-refractivity contribution in [2.75, 3.05) is 46.1 Å². The van der Waals surface area contributed by atoms with Crippen LogP contribution in [0.1, 0.15) is 26.2 Å². The molecule has 2 N–H and O–H groups in total. The molecule has 0 aromatic carbocycles. The van der Waals surface area contributed by atoms with Gasteiger partial charge in [0.2, 0.25) is 0 Å². The molecule has 0 amide bonds. The van der Waals surface area contributed by atoms with E-state index in [1.807, 2.05) is 0 Å². The fourth-order valence-electron chi connectivity index (χ4n) is 2.29. The van der Waals surface area contributed by atoms with Crippen LogP contribution in [0.3, 0.4) is 0 Å². The Kier molecular flexibility index (Phi) is 6.28. The van der Waals surface area contributed by atoms with Gasteiger partial charge in [0.1, 0.15) is 0 Å². The molecule has 16 heavy (non-hydrogen) atoms. The van der Waals surface area contributed by atoms with Gasteiger partial charge in [0.05, 0.1) is 6.61 Å². The Hall–Kier alpha value is -0.160. The monoisotopic (exact) mass is 231 g/mol. The van der Waals surface area contributed by atoms with Gasteiger partial charge in [0.25, 0.3) is 0 Å². The molecule has 4 nitrogen and oxygen atoms in total. The average Bonchev–Trinajstić information content (AvgIpc) is 2.35. The second-order valence-electron chi connectivity index (χ2n) is 4.72. The molecule has 96 valence electrons. The second-order valence-corrected chi connectivity index (χ2v) is 4.72. The van der Waals surface area contributed by atoms with Gasteiger partial charge in [-0.15, -0.1) is 0 Å². The van der Waals surface area contributed by atoms with E-state index in [0.717, 1.165) is 52.1 Å². The normalized spacial score (nSPS) is 20.2. The summed E-state index contributed by atoms with van der Waals surface area (Å²) in [5, 5.41) is 18.4. The molecule has 0 aromatic heterocycles. The molecular formula is C12H25NO3. The summed E-state index contributed by atoms with van der Waals surface area (Å²) >= 11 is 0. The molecule has 1 rings (SSSR count). The van der Waals surface area contributed by atoms with Gasteiger partial charge in [-0.2, -0.15) is 0 Å². The quantitative estimate of drug-likeness (QED) is 0.669. The van der Waals surface area contributed by atoms with E-state index >= 15 is 0 Å². The Morgan fingerprint density at radius 1 is 1.25 bits per heavy atom. The molecule has 0 unspecified atom stereocenters. The van der Waals surface area contributed by atoms with Gasteiger partial charge in [0.15, 0.2) is 0 Å². The van der Waals surface area contributed by atoms with Gasteiger partial charge in [-0.3, -0.25) is 0 Å². The zero-order valence-corrected chi connectivity index (χ0v) is 10.3. The molecule has 0 atom stereocenters. The fraction of sp³-hybridized carbons (Fsp3) is 1.00. The highest BCUT2D eigenvalue weighted by Gasteiger charge is 2.33. The highest BCUT2D eigenvalue weighted by atomic mass is 16.5. The summed E-state index contributed by atoms with van der Waals surface area (Å²) in [7, 11) is 0. The number of rotatable bonds is 7. The Morgan fingerprint density at radius 2 is 1.94 bits per heavy atom. The first-order valence-electron chi connectivity index (χ1n) is 6.28. The predicted molar refractivity (Wildman–Crippen MR) is 63.4 cm³/mol. The van der Waals surface area contributed by atoms with Crippen LogP contribution >= 0.6 is 0 Å². The van der Waals surface area contributed by atoms with Crippen molar-refractivity contribution < 1.29 is 14.9 Å². The number of hydrogen-bond acceptors (Lipinski definition) is 4. The molecule has 1 heterocycles. The molecule has 0 aliphatic carbocycles. The van der Waals surface area contributed by atoms with E-state index in [9.17, 15) is 5.11 Å². The third-order valence-corrected chi connectivity index (χ3v) is 3.53. The van der Waals surface area contributed by atoms with Crippen molar-refractivity contribution in [3.63, 3.8) is 0 Å². The lowest BCUT2D eigenvalue weighted by atomic mass is 9.80. The summed E-state index contributed by atoms with van der Waals surface area (Å²) in [5.74, 6) is 0. The lowest BCUT2D eigenvalue weighted by Gasteiger charge is -2.39. The maximum Gasteiger partial charge on any atom is 0.0501 e. The van der Waals surface area contributed by atoms with Crippen LogP contribution in [0, 0.1) is 5.41 Å². The molecule has 1 fully saturated rings. The Morgan fingerprint density at radius 3 is 2.44 bits per heavy atom. The van der Waals surface area contributed by atoms with Crippen LogP contribution < -0.4 is 0 Å². The lowest BCUT2D eigenvalue weighted by molar-refractivity contribution is -0.0341. The largest absolute Gasteiger partial charge is 0.396 e. The maximum atomic E-state index is 9.58. The zero-order valence-electron chi connectivity index (χ0n) is 10.3. The second kappa shape index (κ2) is 7.22. The van der Waals surface area contributed by atoms with Crippen LogP contribution in [0.2, 0.25) is 0 Å². The van der Waals surface area contributed by atoms with Crippen LogP contribution in [0.4, 0.5) is 0 Å². The SMILES string of the molecule is CCN(CCCO)CC1(CO)CCOCC1. The minimum absolute atomic E-state index is 0.0176. The Bertz CT molecular complexity index is 181. The van der Waals surface area contributed by atoms with Crippen molar-refractivity contribution in [1.82, 2.24) is 4.90 Å². The molecule has 1 aliphatic heterocycles. The molecular weight excluding hydrogens is 206 g/mol. The van der Waals surface area contributed by atoms with E-state index in [1.165, 1.54) is 0 Å². The van der Waals surface area contributed by atoms with Crippen LogP contribution in [0.25, 0.3) is 0 Å². The molecule has 1 aliphatic rings. The van der Waals surface area contributed by atoms with Crippen molar-refractivity contribution in [1.29, 1.82) is 0 Å². The summed E-state index contributed by atoms with van der Waals surface area (Å²) in [6.45, 7) is 6.94. The summed E-state index contributed by atoms with van der Waals surface area (Å²) in [4.78, 5) is 2.32. The highest BCUT2D eigenvalue weighted by molar-refractivity contribution is 4.84. The van der Waals surface area contributed by atoms with E-state index in [0.29, 0.717) is 0 Å². The molecule has 1 saturated heterocycles. The smallest absolute Gasteiger partial charge is 0.0501 e. The lowest BCUT2D eigenvalue weighted by Crippen LogP contribution is -2.44. The summed E-state index contributed by atoms with van der Waals surface area (Å²) in [6, 6.07) is 0. The topological polar surface area (TPSA) is 52.9 Å². The molecule has 0 aromatic rings. The molecule has 0 spiro atoms. The number of nitrogens with zero attached hydrogens (tertiary/aromatic N) is 1. The number of hydrogen-bond donors (Lipinski definition) is 2. The number of aliphatic hydroxyl groups excluding tert-OH is 2. The van der Waals surface area contributed by atoms with Crippen molar-refractivity contribution in [3.05, 3.63) is 0 Å². The molecule has 4 heteroatoms. The summed E-state index contributed by atoms with van der Waals surface area (Å²) < 4.78 is 5.35. The minimum atomic E-state index is 0.0176. The summed E-state index contributed by atoms with van der Waals surface area (Å²) in [6.07, 6.45) is 2.70. The van der Waals surface area contributed by atoms with E-state index in [2.05, 4.69) is 11.8 Å². The Labute approximate surface area is 98.2 Å². The standard InChI is InChI=1S/C12H25NO3/c1-2-13(6-3-7-14)10-12(11-15)4-8-16-9-5-12/h14-15H,2-11H2,1H3. The first-order valence-corrected chi connectivity index (χ1v) is 6.28. The zero-order chi connectivity index (χ0) is 11.9. The van der Waals surface area contributed by atoms with Gasteiger partial charge >= 0.3 is 0 Å². The predicted octanol–water partition coefficient (Wildman–Crippen LogP) is 0.480. The van der Waals surface area contributed by atoms with E-state index in [1.54, 1.807) is 0 Å².